The summed E-state index contributed by atoms with van der Waals surface area (Å²) in [7, 11) is 0. The van der Waals surface area contributed by atoms with Crippen LogP contribution in [-0.4, -0.2) is 6.10 Å². The molecule has 2 N–H and O–H groups in total. The topological polar surface area (TPSA) is 35.2 Å². The highest BCUT2D eigenvalue weighted by Crippen LogP contribution is 2.33. The Labute approximate surface area is 112 Å². The van der Waals surface area contributed by atoms with Crippen molar-refractivity contribution in [1.29, 1.82) is 0 Å². The van der Waals surface area contributed by atoms with Crippen molar-refractivity contribution in [2.24, 2.45) is 0 Å². The molecule has 0 spiro atoms. The van der Waals surface area contributed by atoms with Gasteiger partial charge in [0.25, 0.3) is 0 Å². The normalized spacial score (nSPS) is 16.9. The van der Waals surface area contributed by atoms with Crippen molar-refractivity contribution < 1.29 is 4.74 Å². The van der Waals surface area contributed by atoms with E-state index < -0.39 is 0 Å². The summed E-state index contributed by atoms with van der Waals surface area (Å²) in [4.78, 5) is 0. The average molecular weight is 382 g/mol. The zero-order valence-electron chi connectivity index (χ0n) is 8.30. The van der Waals surface area contributed by atoms with Crippen molar-refractivity contribution in [1.82, 2.24) is 0 Å². The summed E-state index contributed by atoms with van der Waals surface area (Å²) in [6, 6.07) is 3.91. The molecule has 0 unspecified atom stereocenters. The van der Waals surface area contributed by atoms with Gasteiger partial charge in [-0.25, -0.2) is 0 Å². The lowest BCUT2D eigenvalue weighted by atomic mass is 10.3. The standard InChI is InChI=1S/C11H13BrINO/c12-8-5-10(14)9(13)6-11(8)15-7-3-1-2-4-7/h5-7H,1-4,14H2. The molecule has 1 aromatic carbocycles. The van der Waals surface area contributed by atoms with Crippen LogP contribution in [0.25, 0.3) is 0 Å². The largest absolute Gasteiger partial charge is 0.489 e. The molecule has 2 nitrogen and oxygen atoms in total. The predicted octanol–water partition coefficient (Wildman–Crippen LogP) is 3.96. The van der Waals surface area contributed by atoms with Gasteiger partial charge < -0.3 is 10.5 Å². The smallest absolute Gasteiger partial charge is 0.135 e. The summed E-state index contributed by atoms with van der Waals surface area (Å²) in [5, 5.41) is 0. The molecule has 4 heteroatoms. The van der Waals surface area contributed by atoms with Crippen molar-refractivity contribution in [3.63, 3.8) is 0 Å². The highest BCUT2D eigenvalue weighted by Gasteiger charge is 2.18. The minimum absolute atomic E-state index is 0.390. The number of nitrogen functional groups attached to an aromatic ring is 1. The number of anilines is 1. The third-order valence-corrected chi connectivity index (χ3v) is 4.20. The summed E-state index contributed by atoms with van der Waals surface area (Å²) in [5.74, 6) is 0.917. The molecule has 0 aromatic heterocycles. The van der Waals surface area contributed by atoms with Gasteiger partial charge in [0.15, 0.2) is 0 Å². The van der Waals surface area contributed by atoms with Crippen LogP contribution in [0.1, 0.15) is 25.7 Å². The highest BCUT2D eigenvalue weighted by atomic mass is 127. The lowest BCUT2D eigenvalue weighted by Crippen LogP contribution is -2.11. The molecule has 0 aliphatic heterocycles. The van der Waals surface area contributed by atoms with Gasteiger partial charge in [-0.2, -0.15) is 0 Å². The molecule has 0 radical (unpaired) electrons. The lowest BCUT2D eigenvalue weighted by Gasteiger charge is -2.15. The van der Waals surface area contributed by atoms with Gasteiger partial charge in [-0.15, -0.1) is 0 Å². The Morgan fingerprint density at radius 2 is 2.00 bits per heavy atom. The number of hydrogen-bond acceptors (Lipinski definition) is 2. The molecule has 0 saturated heterocycles. The molecule has 1 aliphatic rings. The van der Waals surface area contributed by atoms with Gasteiger partial charge >= 0.3 is 0 Å². The summed E-state index contributed by atoms with van der Waals surface area (Å²) in [6.07, 6.45) is 5.31. The van der Waals surface area contributed by atoms with Crippen molar-refractivity contribution in [3.05, 3.63) is 20.2 Å². The van der Waals surface area contributed by atoms with Gasteiger partial charge in [-0.1, -0.05) is 0 Å². The number of hydrogen-bond donors (Lipinski definition) is 1. The molecule has 0 bridgehead atoms. The van der Waals surface area contributed by atoms with Crippen molar-refractivity contribution >= 4 is 44.2 Å². The average Bonchev–Trinajstić information content (AvgIpc) is 2.67. The van der Waals surface area contributed by atoms with Gasteiger partial charge in [-0.3, -0.25) is 0 Å². The molecule has 1 aliphatic carbocycles. The Balaban J connectivity index is 2.16. The summed E-state index contributed by atoms with van der Waals surface area (Å²) in [5.41, 5.74) is 6.60. The zero-order valence-corrected chi connectivity index (χ0v) is 12.0. The number of nitrogens with two attached hydrogens (primary N) is 1. The van der Waals surface area contributed by atoms with Crippen molar-refractivity contribution in [3.8, 4) is 5.75 Å². The van der Waals surface area contributed by atoms with Crippen LogP contribution in [0.3, 0.4) is 0 Å². The van der Waals surface area contributed by atoms with E-state index in [1.807, 2.05) is 12.1 Å². The van der Waals surface area contributed by atoms with E-state index in [1.54, 1.807) is 0 Å². The van der Waals surface area contributed by atoms with Gasteiger partial charge in [0.1, 0.15) is 5.75 Å². The first kappa shape index (κ1) is 11.5. The second-order valence-electron chi connectivity index (χ2n) is 3.83. The minimum atomic E-state index is 0.390. The van der Waals surface area contributed by atoms with E-state index in [2.05, 4.69) is 38.5 Å². The number of rotatable bonds is 2. The van der Waals surface area contributed by atoms with Crippen LogP contribution in [0.5, 0.6) is 5.75 Å². The lowest BCUT2D eigenvalue weighted by molar-refractivity contribution is 0.208. The van der Waals surface area contributed by atoms with Crippen LogP contribution >= 0.6 is 38.5 Å². The monoisotopic (exact) mass is 381 g/mol. The van der Waals surface area contributed by atoms with Gasteiger partial charge in [0, 0.05) is 9.26 Å². The van der Waals surface area contributed by atoms with Crippen molar-refractivity contribution in [2.75, 3.05) is 5.73 Å². The van der Waals surface area contributed by atoms with Crippen LogP contribution in [0, 0.1) is 3.57 Å². The third kappa shape index (κ3) is 2.78. The quantitative estimate of drug-likeness (QED) is 0.621. The van der Waals surface area contributed by atoms with E-state index >= 15 is 0 Å². The fourth-order valence-electron chi connectivity index (χ4n) is 1.82. The maximum atomic E-state index is 5.93. The van der Waals surface area contributed by atoms with Crippen LogP contribution in [-0.2, 0) is 0 Å². The molecule has 0 amide bonds. The summed E-state index contributed by atoms with van der Waals surface area (Å²) >= 11 is 5.71. The third-order valence-electron chi connectivity index (χ3n) is 2.65. The van der Waals surface area contributed by atoms with Crippen molar-refractivity contribution in [2.45, 2.75) is 31.8 Å². The first-order chi connectivity index (χ1) is 7.16. The molecule has 2 rings (SSSR count). The SMILES string of the molecule is Nc1cc(Br)c(OC2CCCC2)cc1I. The summed E-state index contributed by atoms with van der Waals surface area (Å²) in [6.45, 7) is 0. The van der Waals surface area contributed by atoms with Gasteiger partial charge in [0.2, 0.25) is 0 Å². The van der Waals surface area contributed by atoms with E-state index in [-0.39, 0.29) is 0 Å². The Kier molecular flexibility index (Phi) is 3.77. The maximum Gasteiger partial charge on any atom is 0.135 e. The van der Waals surface area contributed by atoms with Crippen LogP contribution < -0.4 is 10.5 Å². The first-order valence-electron chi connectivity index (χ1n) is 5.08. The second kappa shape index (κ2) is 4.91. The molecule has 0 heterocycles. The molecule has 82 valence electrons. The molecular formula is C11H13BrINO. The number of benzene rings is 1. The fourth-order valence-corrected chi connectivity index (χ4v) is 2.71. The Morgan fingerprint density at radius 1 is 1.33 bits per heavy atom. The van der Waals surface area contributed by atoms with E-state index in [1.165, 1.54) is 25.7 Å². The predicted molar refractivity (Wildman–Crippen MR) is 74.2 cm³/mol. The Morgan fingerprint density at radius 3 is 2.67 bits per heavy atom. The van der Waals surface area contributed by atoms with E-state index in [9.17, 15) is 0 Å². The second-order valence-corrected chi connectivity index (χ2v) is 5.84. The molecule has 1 saturated carbocycles. The van der Waals surface area contributed by atoms with Gasteiger partial charge in [-0.05, 0) is 76.3 Å². The Bertz CT molecular complexity index is 364. The minimum Gasteiger partial charge on any atom is -0.489 e. The van der Waals surface area contributed by atoms with E-state index in [4.69, 9.17) is 10.5 Å². The van der Waals surface area contributed by atoms with Gasteiger partial charge in [0.05, 0.1) is 10.6 Å². The van der Waals surface area contributed by atoms with E-state index in [0.717, 1.165) is 19.5 Å². The molecule has 0 atom stereocenters. The molecule has 1 aromatic rings. The molecule has 15 heavy (non-hydrogen) atoms. The first-order valence-corrected chi connectivity index (χ1v) is 6.95. The van der Waals surface area contributed by atoms with Crippen LogP contribution in [0.2, 0.25) is 0 Å². The molecule has 1 fully saturated rings. The highest BCUT2D eigenvalue weighted by molar-refractivity contribution is 14.1. The van der Waals surface area contributed by atoms with Crippen LogP contribution in [0.4, 0.5) is 5.69 Å². The summed E-state index contributed by atoms with van der Waals surface area (Å²) < 4.78 is 7.93. The van der Waals surface area contributed by atoms with E-state index in [0.29, 0.717) is 6.10 Å². The number of ether oxygens (including phenoxy) is 1. The van der Waals surface area contributed by atoms with Crippen LogP contribution in [0.15, 0.2) is 16.6 Å². The maximum absolute atomic E-state index is 5.93. The Hall–Kier alpha value is 0.0300. The fraction of sp³-hybridized carbons (Fsp3) is 0.455. The zero-order chi connectivity index (χ0) is 10.8. The molecular weight excluding hydrogens is 369 g/mol. The number of halogens is 2.